The predicted molar refractivity (Wildman–Crippen MR) is 83.5 cm³/mol. The van der Waals surface area contributed by atoms with Gasteiger partial charge in [0.05, 0.1) is 11.8 Å². The van der Waals surface area contributed by atoms with Gasteiger partial charge in [0.1, 0.15) is 6.26 Å². The van der Waals surface area contributed by atoms with Gasteiger partial charge in [0.2, 0.25) is 5.89 Å². The Labute approximate surface area is 134 Å². The lowest BCUT2D eigenvalue weighted by atomic mass is 9.96. The second-order valence-corrected chi connectivity index (χ2v) is 5.86. The van der Waals surface area contributed by atoms with Crippen molar-refractivity contribution < 1.29 is 8.83 Å². The third-order valence-electron chi connectivity index (χ3n) is 4.30. The SMILES string of the molecule is c1cc(CN2CCC(c3nnc(-c4ccoc4)o3)CC2)ccn1. The normalized spacial score (nSPS) is 16.7. The van der Waals surface area contributed by atoms with Crippen LogP contribution in [0.2, 0.25) is 0 Å². The van der Waals surface area contributed by atoms with E-state index in [1.807, 2.05) is 18.5 Å². The molecule has 118 valence electrons. The minimum Gasteiger partial charge on any atom is -0.472 e. The molecule has 1 aliphatic heterocycles. The van der Waals surface area contributed by atoms with E-state index >= 15 is 0 Å². The van der Waals surface area contributed by atoms with Gasteiger partial charge in [-0.15, -0.1) is 10.2 Å². The summed E-state index contributed by atoms with van der Waals surface area (Å²) in [5.74, 6) is 1.62. The topological polar surface area (TPSA) is 68.2 Å². The first-order valence-electron chi connectivity index (χ1n) is 7.86. The van der Waals surface area contributed by atoms with Crippen LogP contribution in [0.5, 0.6) is 0 Å². The number of piperidine rings is 1. The Bertz CT molecular complexity index is 731. The van der Waals surface area contributed by atoms with Crippen molar-refractivity contribution in [1.29, 1.82) is 0 Å². The highest BCUT2D eigenvalue weighted by Gasteiger charge is 2.25. The van der Waals surface area contributed by atoms with E-state index in [1.54, 1.807) is 12.5 Å². The second-order valence-electron chi connectivity index (χ2n) is 5.86. The van der Waals surface area contributed by atoms with Crippen LogP contribution in [0.25, 0.3) is 11.5 Å². The van der Waals surface area contributed by atoms with Crippen LogP contribution in [0.4, 0.5) is 0 Å². The van der Waals surface area contributed by atoms with Gasteiger partial charge in [0.25, 0.3) is 5.89 Å². The number of aromatic nitrogens is 3. The Balaban J connectivity index is 1.36. The Morgan fingerprint density at radius 2 is 1.91 bits per heavy atom. The molecule has 1 fully saturated rings. The fourth-order valence-corrected chi connectivity index (χ4v) is 2.99. The molecule has 6 nitrogen and oxygen atoms in total. The maximum Gasteiger partial charge on any atom is 0.250 e. The van der Waals surface area contributed by atoms with Crippen molar-refractivity contribution in [1.82, 2.24) is 20.1 Å². The highest BCUT2D eigenvalue weighted by Crippen LogP contribution is 2.29. The van der Waals surface area contributed by atoms with Crippen LogP contribution < -0.4 is 0 Å². The van der Waals surface area contributed by atoms with E-state index in [1.165, 1.54) is 5.56 Å². The van der Waals surface area contributed by atoms with Gasteiger partial charge in [-0.05, 0) is 49.7 Å². The lowest BCUT2D eigenvalue weighted by Crippen LogP contribution is -2.32. The van der Waals surface area contributed by atoms with Crippen molar-refractivity contribution in [2.24, 2.45) is 0 Å². The van der Waals surface area contributed by atoms with Crippen LogP contribution in [0.15, 0.2) is 52.0 Å². The van der Waals surface area contributed by atoms with E-state index in [0.29, 0.717) is 11.8 Å². The molecule has 4 heterocycles. The molecule has 0 radical (unpaired) electrons. The molecule has 0 aliphatic carbocycles. The summed E-state index contributed by atoms with van der Waals surface area (Å²) in [6, 6.07) is 5.97. The number of likely N-dealkylation sites (tertiary alicyclic amines) is 1. The Kier molecular flexibility index (Phi) is 3.90. The number of furan rings is 1. The van der Waals surface area contributed by atoms with Crippen LogP contribution in [0.3, 0.4) is 0 Å². The van der Waals surface area contributed by atoms with Crippen molar-refractivity contribution in [2.45, 2.75) is 25.3 Å². The van der Waals surface area contributed by atoms with Crippen molar-refractivity contribution in [3.8, 4) is 11.5 Å². The molecule has 0 aromatic carbocycles. The molecular formula is C17H18N4O2. The van der Waals surface area contributed by atoms with Gasteiger partial charge >= 0.3 is 0 Å². The van der Waals surface area contributed by atoms with Crippen LogP contribution in [-0.2, 0) is 6.54 Å². The number of rotatable bonds is 4. The standard InChI is InChI=1S/C17H18N4O2/c1-6-18-7-2-13(1)11-21-8-3-14(4-9-21)16-19-20-17(23-16)15-5-10-22-12-15/h1-2,5-7,10,12,14H,3-4,8-9,11H2. The van der Waals surface area contributed by atoms with Gasteiger partial charge in [0, 0.05) is 24.9 Å². The Hall–Kier alpha value is -2.47. The van der Waals surface area contributed by atoms with Gasteiger partial charge < -0.3 is 8.83 Å². The number of pyridine rings is 1. The summed E-state index contributed by atoms with van der Waals surface area (Å²) >= 11 is 0. The Morgan fingerprint density at radius 3 is 2.65 bits per heavy atom. The number of hydrogen-bond acceptors (Lipinski definition) is 6. The largest absolute Gasteiger partial charge is 0.472 e. The highest BCUT2D eigenvalue weighted by molar-refractivity contribution is 5.49. The van der Waals surface area contributed by atoms with Gasteiger partial charge in [-0.25, -0.2) is 0 Å². The van der Waals surface area contributed by atoms with E-state index in [4.69, 9.17) is 8.83 Å². The summed E-state index contributed by atoms with van der Waals surface area (Å²) < 4.78 is 10.9. The highest BCUT2D eigenvalue weighted by atomic mass is 16.4. The van der Waals surface area contributed by atoms with Crippen molar-refractivity contribution in [2.75, 3.05) is 13.1 Å². The van der Waals surface area contributed by atoms with E-state index in [0.717, 1.165) is 43.9 Å². The average molecular weight is 310 g/mol. The van der Waals surface area contributed by atoms with E-state index in [-0.39, 0.29) is 0 Å². The number of nitrogens with zero attached hydrogens (tertiary/aromatic N) is 4. The molecule has 6 heteroatoms. The van der Waals surface area contributed by atoms with E-state index in [2.05, 4.69) is 32.2 Å². The fourth-order valence-electron chi connectivity index (χ4n) is 2.99. The van der Waals surface area contributed by atoms with Crippen LogP contribution in [-0.4, -0.2) is 33.2 Å². The zero-order valence-corrected chi connectivity index (χ0v) is 12.8. The van der Waals surface area contributed by atoms with Crippen molar-refractivity contribution in [3.05, 3.63) is 54.6 Å². The number of hydrogen-bond donors (Lipinski definition) is 0. The third-order valence-corrected chi connectivity index (χ3v) is 4.30. The quantitative estimate of drug-likeness (QED) is 0.737. The van der Waals surface area contributed by atoms with Gasteiger partial charge in [-0.3, -0.25) is 9.88 Å². The molecule has 0 spiro atoms. The van der Waals surface area contributed by atoms with Crippen molar-refractivity contribution >= 4 is 0 Å². The molecule has 23 heavy (non-hydrogen) atoms. The van der Waals surface area contributed by atoms with Gasteiger partial charge in [-0.1, -0.05) is 0 Å². The summed E-state index contributed by atoms with van der Waals surface area (Å²) in [5.41, 5.74) is 2.14. The third kappa shape index (κ3) is 3.17. The molecule has 3 aromatic heterocycles. The predicted octanol–water partition coefficient (Wildman–Crippen LogP) is 3.10. The molecule has 0 amide bonds. The molecule has 1 saturated heterocycles. The van der Waals surface area contributed by atoms with Crippen molar-refractivity contribution in [3.63, 3.8) is 0 Å². The lowest BCUT2D eigenvalue weighted by Gasteiger charge is -2.30. The average Bonchev–Trinajstić information content (AvgIpc) is 3.28. The van der Waals surface area contributed by atoms with Crippen LogP contribution in [0.1, 0.15) is 30.2 Å². The maximum absolute atomic E-state index is 5.81. The molecule has 1 aliphatic rings. The summed E-state index contributed by atoms with van der Waals surface area (Å²) in [4.78, 5) is 6.52. The Morgan fingerprint density at radius 1 is 1.09 bits per heavy atom. The molecule has 0 N–H and O–H groups in total. The summed E-state index contributed by atoms with van der Waals surface area (Å²) in [6.07, 6.45) is 9.00. The minimum atomic E-state index is 0.344. The lowest BCUT2D eigenvalue weighted by molar-refractivity contribution is 0.193. The maximum atomic E-state index is 5.81. The zero-order chi connectivity index (χ0) is 15.5. The molecule has 0 bridgehead atoms. The first kappa shape index (κ1) is 14.1. The van der Waals surface area contributed by atoms with Gasteiger partial charge in [-0.2, -0.15) is 0 Å². The van der Waals surface area contributed by atoms with Crippen LogP contribution >= 0.6 is 0 Å². The molecule has 4 rings (SSSR count). The summed E-state index contributed by atoms with van der Waals surface area (Å²) in [6.45, 7) is 3.05. The van der Waals surface area contributed by atoms with E-state index < -0.39 is 0 Å². The smallest absolute Gasteiger partial charge is 0.250 e. The monoisotopic (exact) mass is 310 g/mol. The molecular weight excluding hydrogens is 292 g/mol. The molecule has 0 unspecified atom stereocenters. The first-order valence-corrected chi connectivity index (χ1v) is 7.86. The molecule has 0 atom stereocenters. The van der Waals surface area contributed by atoms with Crippen LogP contribution in [0, 0.1) is 0 Å². The fraction of sp³-hybridized carbons (Fsp3) is 0.353. The van der Waals surface area contributed by atoms with E-state index in [9.17, 15) is 0 Å². The zero-order valence-electron chi connectivity index (χ0n) is 12.8. The van der Waals surface area contributed by atoms with Gasteiger partial charge in [0.15, 0.2) is 0 Å². The molecule has 3 aromatic rings. The molecule has 0 saturated carbocycles. The summed E-state index contributed by atoms with van der Waals surface area (Å²) in [5, 5.41) is 8.34. The first-order chi connectivity index (χ1) is 11.4. The minimum absolute atomic E-state index is 0.344. The second kappa shape index (κ2) is 6.34. The summed E-state index contributed by atoms with van der Waals surface area (Å²) in [7, 11) is 0.